The maximum atomic E-state index is 11.5. The van der Waals surface area contributed by atoms with E-state index in [-0.39, 0.29) is 11.9 Å². The summed E-state index contributed by atoms with van der Waals surface area (Å²) in [6.45, 7) is 1.37. The Labute approximate surface area is 123 Å². The lowest BCUT2D eigenvalue weighted by molar-refractivity contribution is -0.164. The zero-order valence-corrected chi connectivity index (χ0v) is 12.2. The number of methoxy groups -OCH3 is 1. The minimum absolute atomic E-state index is 0.0382. The molecule has 114 valence electrons. The average Bonchev–Trinajstić information content (AvgIpc) is 3.05. The van der Waals surface area contributed by atoms with Crippen LogP contribution in [0.25, 0.3) is 0 Å². The van der Waals surface area contributed by atoms with Crippen molar-refractivity contribution in [2.75, 3.05) is 20.3 Å². The van der Waals surface area contributed by atoms with Crippen LogP contribution >= 0.6 is 0 Å². The van der Waals surface area contributed by atoms with E-state index in [0.717, 1.165) is 32.1 Å². The summed E-state index contributed by atoms with van der Waals surface area (Å²) in [6, 6.07) is 0.331. The van der Waals surface area contributed by atoms with E-state index in [9.17, 15) is 4.79 Å². The summed E-state index contributed by atoms with van der Waals surface area (Å²) < 4.78 is 18.5. The highest BCUT2D eigenvalue weighted by Gasteiger charge is 2.43. The molecular weight excluding hydrogens is 272 g/mol. The first kappa shape index (κ1) is 13.3. The van der Waals surface area contributed by atoms with Crippen LogP contribution < -0.4 is 0 Å². The molecular formula is C15H20N2O4. The van der Waals surface area contributed by atoms with Gasteiger partial charge in [0.2, 0.25) is 0 Å². The minimum Gasteiger partial charge on any atom is -0.469 e. The zero-order chi connectivity index (χ0) is 14.4. The lowest BCUT2D eigenvalue weighted by Crippen LogP contribution is -2.38. The summed E-state index contributed by atoms with van der Waals surface area (Å²) in [4.78, 5) is 11.5. The number of rotatable bonds is 2. The Morgan fingerprint density at radius 2 is 2.19 bits per heavy atom. The van der Waals surface area contributed by atoms with Crippen molar-refractivity contribution in [2.45, 2.75) is 43.9 Å². The van der Waals surface area contributed by atoms with Crippen LogP contribution in [0.4, 0.5) is 0 Å². The Kier molecular flexibility index (Phi) is 3.04. The fraction of sp³-hybridized carbons (Fsp3) is 0.733. The molecule has 4 rings (SSSR count). The monoisotopic (exact) mass is 292 g/mol. The fourth-order valence-corrected chi connectivity index (χ4v) is 3.74. The molecule has 1 aromatic heterocycles. The molecule has 21 heavy (non-hydrogen) atoms. The van der Waals surface area contributed by atoms with Crippen molar-refractivity contribution in [3.8, 4) is 0 Å². The van der Waals surface area contributed by atoms with Gasteiger partial charge in [0.25, 0.3) is 0 Å². The number of carbonyl (C=O) groups excluding carboxylic acids is 1. The molecule has 3 aliphatic rings. The van der Waals surface area contributed by atoms with Gasteiger partial charge in [-0.1, -0.05) is 0 Å². The van der Waals surface area contributed by atoms with Crippen LogP contribution in [0.1, 0.15) is 36.6 Å². The maximum Gasteiger partial charge on any atom is 0.308 e. The molecule has 2 aliphatic carbocycles. The van der Waals surface area contributed by atoms with Gasteiger partial charge in [0.15, 0.2) is 5.79 Å². The van der Waals surface area contributed by atoms with Gasteiger partial charge in [0.1, 0.15) is 0 Å². The van der Waals surface area contributed by atoms with E-state index in [4.69, 9.17) is 14.2 Å². The van der Waals surface area contributed by atoms with Crippen molar-refractivity contribution in [3.05, 3.63) is 17.5 Å². The number of fused-ring (bicyclic) bond motifs is 1. The summed E-state index contributed by atoms with van der Waals surface area (Å²) in [5.41, 5.74) is 2.51. The molecule has 1 aromatic rings. The second kappa shape index (κ2) is 4.81. The van der Waals surface area contributed by atoms with E-state index in [1.807, 2.05) is 6.20 Å². The highest BCUT2D eigenvalue weighted by molar-refractivity contribution is 5.73. The van der Waals surface area contributed by atoms with Crippen molar-refractivity contribution in [1.82, 2.24) is 9.78 Å². The molecule has 0 atom stereocenters. The Balaban J connectivity index is 1.48. The summed E-state index contributed by atoms with van der Waals surface area (Å²) >= 11 is 0. The van der Waals surface area contributed by atoms with Crippen LogP contribution in [-0.4, -0.2) is 41.9 Å². The summed E-state index contributed by atoms with van der Waals surface area (Å²) in [5.74, 6) is -0.468. The Morgan fingerprint density at radius 1 is 1.43 bits per heavy atom. The topological polar surface area (TPSA) is 62.6 Å². The average molecular weight is 292 g/mol. The fourth-order valence-electron chi connectivity index (χ4n) is 3.74. The van der Waals surface area contributed by atoms with Crippen molar-refractivity contribution in [2.24, 2.45) is 5.92 Å². The molecule has 6 nitrogen and oxygen atoms in total. The van der Waals surface area contributed by atoms with E-state index < -0.39 is 5.79 Å². The molecule has 0 amide bonds. The normalized spacial score (nSPS) is 30.0. The van der Waals surface area contributed by atoms with Crippen LogP contribution in [0.5, 0.6) is 0 Å². The Morgan fingerprint density at radius 3 is 2.90 bits per heavy atom. The first-order valence-electron chi connectivity index (χ1n) is 7.62. The van der Waals surface area contributed by atoms with Gasteiger partial charge in [0, 0.05) is 18.5 Å². The number of nitrogens with zero attached hydrogens (tertiary/aromatic N) is 2. The number of aromatic nitrogens is 2. The Bertz CT molecular complexity index is 556. The summed E-state index contributed by atoms with van der Waals surface area (Å²) in [5, 5.41) is 4.55. The van der Waals surface area contributed by atoms with Crippen molar-refractivity contribution < 1.29 is 19.0 Å². The van der Waals surface area contributed by atoms with Gasteiger partial charge >= 0.3 is 5.97 Å². The van der Waals surface area contributed by atoms with Crippen molar-refractivity contribution in [3.63, 3.8) is 0 Å². The van der Waals surface area contributed by atoms with Crippen molar-refractivity contribution in [1.29, 1.82) is 0 Å². The molecule has 0 aromatic carbocycles. The van der Waals surface area contributed by atoms with E-state index in [2.05, 4.69) is 9.78 Å². The predicted molar refractivity (Wildman–Crippen MR) is 72.7 cm³/mol. The molecule has 1 aliphatic heterocycles. The standard InChI is InChI=1S/C15H20N2O4/c1-19-14(18)10-6-12(7-10)17-13-2-3-15(20-4-5-21-15)8-11(13)9-16-17/h9-10,12H,2-8H2,1H3. The summed E-state index contributed by atoms with van der Waals surface area (Å²) in [6.07, 6.45) is 6.20. The lowest BCUT2D eigenvalue weighted by Gasteiger charge is -2.36. The molecule has 1 spiro atoms. The van der Waals surface area contributed by atoms with Crippen LogP contribution in [0.15, 0.2) is 6.20 Å². The molecule has 2 fully saturated rings. The van der Waals surface area contributed by atoms with E-state index >= 15 is 0 Å². The second-order valence-electron chi connectivity index (χ2n) is 6.19. The maximum absolute atomic E-state index is 11.5. The lowest BCUT2D eigenvalue weighted by atomic mass is 9.80. The van der Waals surface area contributed by atoms with Gasteiger partial charge in [-0.2, -0.15) is 5.10 Å². The molecule has 0 N–H and O–H groups in total. The highest BCUT2D eigenvalue weighted by atomic mass is 16.7. The van der Waals surface area contributed by atoms with Crippen LogP contribution in [0.3, 0.4) is 0 Å². The molecule has 0 radical (unpaired) electrons. The smallest absolute Gasteiger partial charge is 0.308 e. The van der Waals surface area contributed by atoms with Crippen LogP contribution in [0.2, 0.25) is 0 Å². The third-order valence-electron chi connectivity index (χ3n) is 4.99. The zero-order valence-electron chi connectivity index (χ0n) is 12.2. The van der Waals surface area contributed by atoms with Gasteiger partial charge in [-0.3, -0.25) is 9.48 Å². The van der Waals surface area contributed by atoms with Gasteiger partial charge in [-0.25, -0.2) is 0 Å². The SMILES string of the molecule is COC(=O)C1CC(n2ncc3c2CCC2(C3)OCCO2)C1. The predicted octanol–water partition coefficient (Wildman–Crippen LogP) is 1.24. The minimum atomic E-state index is -0.408. The largest absolute Gasteiger partial charge is 0.469 e. The van der Waals surface area contributed by atoms with Gasteiger partial charge < -0.3 is 14.2 Å². The van der Waals surface area contributed by atoms with Gasteiger partial charge in [-0.05, 0) is 24.8 Å². The van der Waals surface area contributed by atoms with Gasteiger partial charge in [-0.15, -0.1) is 0 Å². The second-order valence-corrected chi connectivity index (χ2v) is 6.19. The van der Waals surface area contributed by atoms with Crippen molar-refractivity contribution >= 4 is 5.97 Å². The number of esters is 1. The first-order chi connectivity index (χ1) is 10.2. The van der Waals surface area contributed by atoms with E-state index in [1.165, 1.54) is 18.4 Å². The molecule has 0 unspecified atom stereocenters. The third kappa shape index (κ3) is 2.08. The highest BCUT2D eigenvalue weighted by Crippen LogP contribution is 2.42. The Hall–Kier alpha value is -1.40. The number of hydrogen-bond acceptors (Lipinski definition) is 5. The number of carbonyl (C=O) groups is 1. The number of ether oxygens (including phenoxy) is 3. The van der Waals surface area contributed by atoms with E-state index in [0.29, 0.717) is 19.3 Å². The van der Waals surface area contributed by atoms with E-state index in [1.54, 1.807) is 0 Å². The molecule has 1 saturated heterocycles. The van der Waals surface area contributed by atoms with Gasteiger partial charge in [0.05, 0.1) is 38.5 Å². The van der Waals surface area contributed by atoms with Crippen LogP contribution in [0, 0.1) is 5.92 Å². The third-order valence-corrected chi connectivity index (χ3v) is 4.99. The summed E-state index contributed by atoms with van der Waals surface area (Å²) in [7, 11) is 1.45. The molecule has 0 bridgehead atoms. The number of hydrogen-bond donors (Lipinski definition) is 0. The molecule has 6 heteroatoms. The quantitative estimate of drug-likeness (QED) is 0.767. The molecule has 2 heterocycles. The van der Waals surface area contributed by atoms with Crippen LogP contribution in [-0.2, 0) is 31.8 Å². The first-order valence-corrected chi connectivity index (χ1v) is 7.62. The molecule has 1 saturated carbocycles.